The molecule has 1 aromatic carbocycles. The molecule has 1 fully saturated rings. The maximum Gasteiger partial charge on any atom is 0.325 e. The molecule has 0 bridgehead atoms. The molecule has 1 aliphatic heterocycles. The Kier molecular flexibility index (Phi) is 3.43. The molecule has 22 heavy (non-hydrogen) atoms. The quantitative estimate of drug-likeness (QED) is 0.548. The maximum absolute atomic E-state index is 12.4. The second-order valence-corrected chi connectivity index (χ2v) is 4.88. The first-order chi connectivity index (χ1) is 10.6. The van der Waals surface area contributed by atoms with Crippen molar-refractivity contribution < 1.29 is 4.79 Å². The number of carbonyl (C=O) groups excluding carboxylic acids is 1. The van der Waals surface area contributed by atoms with Crippen molar-refractivity contribution in [2.75, 3.05) is 4.90 Å². The van der Waals surface area contributed by atoms with Crippen LogP contribution in [0.5, 0.6) is 0 Å². The summed E-state index contributed by atoms with van der Waals surface area (Å²) in [5.41, 5.74) is -0.266. The highest BCUT2D eigenvalue weighted by Gasteiger charge is 2.31. The van der Waals surface area contributed by atoms with E-state index in [1.165, 1.54) is 17.2 Å². The first-order valence-corrected chi connectivity index (χ1v) is 6.71. The number of nitrogens with one attached hydrogen (secondary N) is 3. The zero-order chi connectivity index (χ0) is 15.7. The smallest absolute Gasteiger partial charge is 0.325 e. The molecule has 0 saturated carbocycles. The zero-order valence-corrected chi connectivity index (χ0v) is 11.9. The van der Waals surface area contributed by atoms with E-state index in [2.05, 4.69) is 15.3 Å². The normalized spacial score (nSPS) is 16.2. The number of thiocarbonyl (C=S) groups is 1. The Balaban J connectivity index is 1.99. The highest BCUT2D eigenvalue weighted by atomic mass is 32.1. The van der Waals surface area contributed by atoms with E-state index in [9.17, 15) is 14.4 Å². The molecule has 0 radical (unpaired) electrons. The fourth-order valence-corrected chi connectivity index (χ4v) is 2.33. The first-order valence-electron chi connectivity index (χ1n) is 6.30. The Morgan fingerprint density at radius 3 is 2.50 bits per heavy atom. The fourth-order valence-electron chi connectivity index (χ4n) is 2.03. The third-order valence-corrected chi connectivity index (χ3v) is 3.33. The van der Waals surface area contributed by atoms with Gasteiger partial charge in [0.05, 0.1) is 11.3 Å². The molecule has 1 saturated heterocycles. The summed E-state index contributed by atoms with van der Waals surface area (Å²) in [6, 6.07) is 8.92. The second-order valence-electron chi connectivity index (χ2n) is 4.49. The molecule has 0 spiro atoms. The number of benzene rings is 1. The number of H-pyrrole nitrogens is 2. The SMILES string of the molecule is O=C1/C(=C/c2c[nH]c(=O)[nH]c2=O)NC(=S)N1c1ccccc1. The standard InChI is InChI=1S/C14H10N4O3S/c19-11-8(7-15-13(21)17-11)6-10-12(20)18(14(22)16-10)9-4-2-1-3-5-9/h1-7H,(H,16,22)(H2,15,17,19,21)/b10-6-. The lowest BCUT2D eigenvalue weighted by atomic mass is 10.2. The van der Waals surface area contributed by atoms with E-state index in [-0.39, 0.29) is 22.3 Å². The average Bonchev–Trinajstić information content (AvgIpc) is 2.77. The summed E-state index contributed by atoms with van der Waals surface area (Å²) in [5.74, 6) is -0.373. The minimum absolute atomic E-state index is 0.146. The van der Waals surface area contributed by atoms with Gasteiger partial charge in [0.15, 0.2) is 5.11 Å². The summed E-state index contributed by atoms with van der Waals surface area (Å²) in [6.07, 6.45) is 2.57. The molecule has 1 aromatic heterocycles. The van der Waals surface area contributed by atoms with Gasteiger partial charge in [0, 0.05) is 6.20 Å². The fraction of sp³-hybridized carbons (Fsp3) is 0. The number of anilines is 1. The van der Waals surface area contributed by atoms with Gasteiger partial charge in [-0.2, -0.15) is 0 Å². The van der Waals surface area contributed by atoms with Crippen LogP contribution in [0.25, 0.3) is 6.08 Å². The summed E-state index contributed by atoms with van der Waals surface area (Å²) < 4.78 is 0. The number of hydrogen-bond acceptors (Lipinski definition) is 4. The molecule has 110 valence electrons. The van der Waals surface area contributed by atoms with Crippen molar-refractivity contribution in [3.05, 3.63) is 68.6 Å². The highest BCUT2D eigenvalue weighted by molar-refractivity contribution is 7.80. The topological polar surface area (TPSA) is 98.1 Å². The molecule has 0 unspecified atom stereocenters. The predicted octanol–water partition coefficient (Wildman–Crippen LogP) is 0.325. The summed E-state index contributed by atoms with van der Waals surface area (Å²) in [7, 11) is 0. The summed E-state index contributed by atoms with van der Waals surface area (Å²) in [6.45, 7) is 0. The van der Waals surface area contributed by atoms with Gasteiger partial charge < -0.3 is 10.3 Å². The number of carbonyl (C=O) groups is 1. The van der Waals surface area contributed by atoms with Gasteiger partial charge in [-0.05, 0) is 30.4 Å². The first kappa shape index (κ1) is 14.0. The van der Waals surface area contributed by atoms with E-state index in [1.807, 2.05) is 6.07 Å². The molecule has 2 heterocycles. The lowest BCUT2D eigenvalue weighted by Crippen LogP contribution is -2.30. The Morgan fingerprint density at radius 1 is 1.09 bits per heavy atom. The van der Waals surface area contributed by atoms with E-state index in [1.54, 1.807) is 24.3 Å². The van der Waals surface area contributed by atoms with Gasteiger partial charge >= 0.3 is 5.69 Å². The Labute approximate surface area is 129 Å². The lowest BCUT2D eigenvalue weighted by Gasteiger charge is -2.13. The molecule has 3 rings (SSSR count). The third kappa shape index (κ3) is 2.47. The van der Waals surface area contributed by atoms with Crippen molar-refractivity contribution in [1.29, 1.82) is 0 Å². The van der Waals surface area contributed by atoms with Crippen LogP contribution in [0.3, 0.4) is 0 Å². The van der Waals surface area contributed by atoms with Gasteiger partial charge in [0.25, 0.3) is 11.5 Å². The van der Waals surface area contributed by atoms with Crippen molar-refractivity contribution in [3.8, 4) is 0 Å². The van der Waals surface area contributed by atoms with E-state index < -0.39 is 11.2 Å². The highest BCUT2D eigenvalue weighted by Crippen LogP contribution is 2.21. The van der Waals surface area contributed by atoms with Crippen LogP contribution >= 0.6 is 12.2 Å². The minimum Gasteiger partial charge on any atom is -0.327 e. The number of hydrogen-bond donors (Lipinski definition) is 3. The minimum atomic E-state index is -0.612. The molecular weight excluding hydrogens is 304 g/mol. The van der Waals surface area contributed by atoms with Gasteiger partial charge in [-0.1, -0.05) is 18.2 Å². The van der Waals surface area contributed by atoms with Crippen LogP contribution < -0.4 is 21.5 Å². The van der Waals surface area contributed by atoms with Crippen LogP contribution in [0.15, 0.2) is 51.8 Å². The molecule has 0 aliphatic carbocycles. The number of rotatable bonds is 2. The number of aromatic nitrogens is 2. The van der Waals surface area contributed by atoms with Gasteiger partial charge in [-0.25, -0.2) is 4.79 Å². The molecular formula is C14H10N4O3S. The van der Waals surface area contributed by atoms with Gasteiger partial charge in [-0.3, -0.25) is 19.5 Å². The number of amides is 1. The Hall–Kier alpha value is -3.00. The van der Waals surface area contributed by atoms with E-state index in [4.69, 9.17) is 12.2 Å². The summed E-state index contributed by atoms with van der Waals surface area (Å²) in [4.78, 5) is 40.8. The van der Waals surface area contributed by atoms with Crippen LogP contribution in [0.2, 0.25) is 0 Å². The van der Waals surface area contributed by atoms with Crippen LogP contribution in [-0.2, 0) is 4.79 Å². The lowest BCUT2D eigenvalue weighted by molar-refractivity contribution is -0.113. The molecule has 2 aromatic rings. The van der Waals surface area contributed by atoms with E-state index in [0.29, 0.717) is 5.69 Å². The van der Waals surface area contributed by atoms with Crippen LogP contribution in [0.4, 0.5) is 5.69 Å². The van der Waals surface area contributed by atoms with Crippen LogP contribution in [0.1, 0.15) is 5.56 Å². The van der Waals surface area contributed by atoms with E-state index >= 15 is 0 Å². The third-order valence-electron chi connectivity index (χ3n) is 3.04. The molecule has 8 heteroatoms. The Morgan fingerprint density at radius 2 is 1.82 bits per heavy atom. The predicted molar refractivity (Wildman–Crippen MR) is 85.3 cm³/mol. The average molecular weight is 314 g/mol. The second kappa shape index (κ2) is 5.41. The number of nitrogens with zero attached hydrogens (tertiary/aromatic N) is 1. The Bertz CT molecular complexity index is 898. The summed E-state index contributed by atoms with van der Waals surface area (Å²) >= 11 is 5.16. The zero-order valence-electron chi connectivity index (χ0n) is 11.1. The van der Waals surface area contributed by atoms with Gasteiger partial charge in [0.1, 0.15) is 5.70 Å². The monoisotopic (exact) mass is 314 g/mol. The van der Waals surface area contributed by atoms with Gasteiger partial charge in [0.2, 0.25) is 0 Å². The molecule has 0 atom stereocenters. The maximum atomic E-state index is 12.4. The summed E-state index contributed by atoms with van der Waals surface area (Å²) in [5, 5.41) is 2.99. The van der Waals surface area contributed by atoms with Crippen molar-refractivity contribution in [1.82, 2.24) is 15.3 Å². The van der Waals surface area contributed by atoms with Crippen molar-refractivity contribution >= 4 is 35.0 Å². The molecule has 7 nitrogen and oxygen atoms in total. The number of para-hydroxylation sites is 1. The molecule has 3 N–H and O–H groups in total. The molecule has 1 amide bonds. The van der Waals surface area contributed by atoms with E-state index in [0.717, 1.165) is 0 Å². The van der Waals surface area contributed by atoms with Crippen LogP contribution in [0, 0.1) is 0 Å². The largest absolute Gasteiger partial charge is 0.327 e. The van der Waals surface area contributed by atoms with Gasteiger partial charge in [-0.15, -0.1) is 0 Å². The van der Waals surface area contributed by atoms with Crippen molar-refractivity contribution in [2.24, 2.45) is 0 Å². The van der Waals surface area contributed by atoms with Crippen molar-refractivity contribution in [3.63, 3.8) is 0 Å². The van der Waals surface area contributed by atoms with Crippen molar-refractivity contribution in [2.45, 2.75) is 0 Å². The number of aromatic amines is 2. The van der Waals surface area contributed by atoms with Crippen LogP contribution in [-0.4, -0.2) is 21.0 Å². The molecule has 1 aliphatic rings.